The number of hydrogen-bond donors (Lipinski definition) is 1. The molecule has 0 aliphatic heterocycles. The van der Waals surface area contributed by atoms with Gasteiger partial charge in [-0.3, -0.25) is 0 Å². The van der Waals surface area contributed by atoms with E-state index in [2.05, 4.69) is 41.0 Å². The van der Waals surface area contributed by atoms with E-state index in [4.69, 9.17) is 16.3 Å². The molecular weight excluding hydrogens is 240 g/mol. The molecule has 0 saturated carbocycles. The lowest BCUT2D eigenvalue weighted by molar-refractivity contribution is 0.378. The second-order valence-electron chi connectivity index (χ2n) is 4.21. The number of rotatable bonds is 6. The van der Waals surface area contributed by atoms with Gasteiger partial charge < -0.3 is 10.1 Å². The van der Waals surface area contributed by atoms with Gasteiger partial charge in [-0.25, -0.2) is 0 Å². The molecule has 0 aliphatic rings. The Balaban J connectivity index is 2.64. The molecule has 5 nitrogen and oxygen atoms in total. The molecule has 0 aromatic carbocycles. The third-order valence-corrected chi connectivity index (χ3v) is 2.77. The maximum Gasteiger partial charge on any atom is 0.322 e. The van der Waals surface area contributed by atoms with Crippen molar-refractivity contribution in [1.29, 1.82) is 0 Å². The van der Waals surface area contributed by atoms with Gasteiger partial charge in [0.15, 0.2) is 0 Å². The average Bonchev–Trinajstić information content (AvgIpc) is 2.27. The van der Waals surface area contributed by atoms with Gasteiger partial charge in [0.05, 0.1) is 7.11 Å². The van der Waals surface area contributed by atoms with Gasteiger partial charge in [-0.1, -0.05) is 20.3 Å². The standard InChI is InChI=1S/C11H19ClN4O/c1-5-7(2)6-8(3)13-10-14-9(12)15-11(16-10)17-4/h7-8H,5-6H2,1-4H3,(H,13,14,15,16). The Morgan fingerprint density at radius 2 is 2.00 bits per heavy atom. The van der Waals surface area contributed by atoms with Crippen LogP contribution in [-0.4, -0.2) is 28.1 Å². The zero-order valence-electron chi connectivity index (χ0n) is 10.7. The lowest BCUT2D eigenvalue weighted by Gasteiger charge is -2.17. The van der Waals surface area contributed by atoms with Crippen LogP contribution in [-0.2, 0) is 0 Å². The van der Waals surface area contributed by atoms with Crippen LogP contribution in [0, 0.1) is 5.92 Å². The smallest absolute Gasteiger partial charge is 0.322 e. The van der Waals surface area contributed by atoms with Crippen LogP contribution in [0.4, 0.5) is 5.95 Å². The molecule has 6 heteroatoms. The van der Waals surface area contributed by atoms with Crippen LogP contribution in [0.25, 0.3) is 0 Å². The van der Waals surface area contributed by atoms with Crippen LogP contribution >= 0.6 is 11.6 Å². The zero-order chi connectivity index (χ0) is 12.8. The molecule has 0 bridgehead atoms. The highest BCUT2D eigenvalue weighted by Gasteiger charge is 2.10. The Morgan fingerprint density at radius 1 is 1.29 bits per heavy atom. The fourth-order valence-corrected chi connectivity index (χ4v) is 1.69. The Bertz CT molecular complexity index is 361. The molecule has 0 radical (unpaired) electrons. The predicted molar refractivity (Wildman–Crippen MR) is 68.5 cm³/mol. The summed E-state index contributed by atoms with van der Waals surface area (Å²) < 4.78 is 4.93. The number of aromatic nitrogens is 3. The van der Waals surface area contributed by atoms with Crippen LogP contribution in [0.1, 0.15) is 33.6 Å². The Morgan fingerprint density at radius 3 is 2.59 bits per heavy atom. The molecule has 1 aromatic heterocycles. The van der Waals surface area contributed by atoms with Gasteiger partial charge in [-0.05, 0) is 30.9 Å². The van der Waals surface area contributed by atoms with Crippen molar-refractivity contribution in [2.45, 2.75) is 39.7 Å². The van der Waals surface area contributed by atoms with Crippen molar-refractivity contribution < 1.29 is 4.74 Å². The molecule has 1 heterocycles. The Hall–Kier alpha value is -1.10. The monoisotopic (exact) mass is 258 g/mol. The fourth-order valence-electron chi connectivity index (χ4n) is 1.54. The third kappa shape index (κ3) is 4.73. The van der Waals surface area contributed by atoms with E-state index < -0.39 is 0 Å². The summed E-state index contributed by atoms with van der Waals surface area (Å²) >= 11 is 5.76. The number of halogens is 1. The number of methoxy groups -OCH3 is 1. The van der Waals surface area contributed by atoms with E-state index in [1.165, 1.54) is 7.11 Å². The van der Waals surface area contributed by atoms with E-state index in [1.807, 2.05) is 0 Å². The minimum atomic E-state index is 0.134. The molecule has 0 saturated heterocycles. The second-order valence-corrected chi connectivity index (χ2v) is 4.55. The summed E-state index contributed by atoms with van der Waals surface area (Å²) in [5, 5.41) is 3.33. The molecule has 2 atom stereocenters. The first-order valence-corrected chi connectivity index (χ1v) is 6.15. The number of anilines is 1. The summed E-state index contributed by atoms with van der Waals surface area (Å²) in [4.78, 5) is 11.9. The molecule has 96 valence electrons. The normalized spacial score (nSPS) is 14.2. The maximum atomic E-state index is 5.76. The number of hydrogen-bond acceptors (Lipinski definition) is 5. The predicted octanol–water partition coefficient (Wildman–Crippen LogP) is 2.77. The lowest BCUT2D eigenvalue weighted by Crippen LogP contribution is -2.20. The van der Waals surface area contributed by atoms with Crippen LogP contribution in [0.3, 0.4) is 0 Å². The second kappa shape index (κ2) is 6.59. The first-order chi connectivity index (χ1) is 8.05. The van der Waals surface area contributed by atoms with Gasteiger partial charge in [0.1, 0.15) is 0 Å². The topological polar surface area (TPSA) is 59.9 Å². The minimum Gasteiger partial charge on any atom is -0.467 e. The summed E-state index contributed by atoms with van der Waals surface area (Å²) in [6.45, 7) is 6.50. The minimum absolute atomic E-state index is 0.134. The van der Waals surface area contributed by atoms with Gasteiger partial charge in [-0.15, -0.1) is 0 Å². The van der Waals surface area contributed by atoms with Crippen LogP contribution in [0.15, 0.2) is 0 Å². The largest absolute Gasteiger partial charge is 0.467 e. The molecular formula is C11H19ClN4O. The van der Waals surface area contributed by atoms with Crippen LogP contribution in [0.2, 0.25) is 5.28 Å². The SMILES string of the molecule is CCC(C)CC(C)Nc1nc(Cl)nc(OC)n1. The lowest BCUT2D eigenvalue weighted by atomic mass is 10.0. The van der Waals surface area contributed by atoms with E-state index in [0.717, 1.165) is 12.8 Å². The zero-order valence-corrected chi connectivity index (χ0v) is 11.5. The Kier molecular flexibility index (Phi) is 5.41. The van der Waals surface area contributed by atoms with E-state index in [0.29, 0.717) is 11.9 Å². The first-order valence-electron chi connectivity index (χ1n) is 5.77. The highest BCUT2D eigenvalue weighted by atomic mass is 35.5. The molecule has 2 unspecified atom stereocenters. The highest BCUT2D eigenvalue weighted by molar-refractivity contribution is 6.28. The van der Waals surface area contributed by atoms with E-state index in [1.54, 1.807) is 0 Å². The van der Waals surface area contributed by atoms with Gasteiger partial charge >= 0.3 is 6.01 Å². The third-order valence-electron chi connectivity index (χ3n) is 2.60. The van der Waals surface area contributed by atoms with Crippen molar-refractivity contribution in [2.75, 3.05) is 12.4 Å². The summed E-state index contributed by atoms with van der Waals surface area (Å²) in [5.74, 6) is 1.12. The van der Waals surface area contributed by atoms with Gasteiger partial charge in [-0.2, -0.15) is 15.0 Å². The number of nitrogens with one attached hydrogen (secondary N) is 1. The summed E-state index contributed by atoms with van der Waals surface area (Å²) in [5.41, 5.74) is 0. The van der Waals surface area contributed by atoms with Gasteiger partial charge in [0, 0.05) is 6.04 Å². The van der Waals surface area contributed by atoms with Gasteiger partial charge in [0.25, 0.3) is 0 Å². The van der Waals surface area contributed by atoms with E-state index in [-0.39, 0.29) is 17.3 Å². The summed E-state index contributed by atoms with van der Waals surface area (Å²) in [6.07, 6.45) is 2.22. The van der Waals surface area contributed by atoms with E-state index >= 15 is 0 Å². The van der Waals surface area contributed by atoms with Crippen molar-refractivity contribution >= 4 is 17.5 Å². The number of nitrogens with zero attached hydrogens (tertiary/aromatic N) is 3. The summed E-state index contributed by atoms with van der Waals surface area (Å²) in [6, 6.07) is 0.511. The Labute approximate surface area is 107 Å². The van der Waals surface area contributed by atoms with Crippen molar-refractivity contribution in [1.82, 2.24) is 15.0 Å². The van der Waals surface area contributed by atoms with Crippen LogP contribution in [0.5, 0.6) is 6.01 Å². The van der Waals surface area contributed by atoms with Crippen molar-refractivity contribution in [3.8, 4) is 6.01 Å². The summed E-state index contributed by atoms with van der Waals surface area (Å²) in [7, 11) is 1.50. The van der Waals surface area contributed by atoms with E-state index in [9.17, 15) is 0 Å². The molecule has 1 N–H and O–H groups in total. The van der Waals surface area contributed by atoms with Crippen LogP contribution < -0.4 is 10.1 Å². The highest BCUT2D eigenvalue weighted by Crippen LogP contribution is 2.15. The van der Waals surface area contributed by atoms with Crippen molar-refractivity contribution in [3.63, 3.8) is 0 Å². The quantitative estimate of drug-likeness (QED) is 0.850. The molecule has 17 heavy (non-hydrogen) atoms. The molecule has 1 rings (SSSR count). The van der Waals surface area contributed by atoms with Crippen molar-refractivity contribution in [2.24, 2.45) is 5.92 Å². The maximum absolute atomic E-state index is 5.76. The molecule has 0 fully saturated rings. The fraction of sp³-hybridized carbons (Fsp3) is 0.727. The average molecular weight is 259 g/mol. The number of ether oxygens (including phenoxy) is 1. The van der Waals surface area contributed by atoms with Gasteiger partial charge in [0.2, 0.25) is 11.2 Å². The molecule has 0 amide bonds. The molecule has 1 aromatic rings. The molecule has 0 spiro atoms. The van der Waals surface area contributed by atoms with Crippen molar-refractivity contribution in [3.05, 3.63) is 5.28 Å². The molecule has 0 aliphatic carbocycles. The first kappa shape index (κ1) is 14.0.